The first kappa shape index (κ1) is 20.7. The Morgan fingerprint density at radius 1 is 1.41 bits per heavy atom. The van der Waals surface area contributed by atoms with Gasteiger partial charge >= 0.3 is 5.69 Å². The number of aromatic nitrogens is 3. The van der Waals surface area contributed by atoms with Crippen LogP contribution in [-0.4, -0.2) is 39.5 Å². The second-order valence-electron chi connectivity index (χ2n) is 6.60. The molecule has 0 unspecified atom stereocenters. The maximum Gasteiger partial charge on any atom is 0.329 e. The van der Waals surface area contributed by atoms with Crippen LogP contribution in [0.4, 0.5) is 8.78 Å². The lowest BCUT2D eigenvalue weighted by Crippen LogP contribution is -2.42. The summed E-state index contributed by atoms with van der Waals surface area (Å²) >= 11 is 0. The van der Waals surface area contributed by atoms with Gasteiger partial charge in [-0.3, -0.25) is 19.1 Å². The van der Waals surface area contributed by atoms with Crippen molar-refractivity contribution in [1.82, 2.24) is 19.9 Å². The van der Waals surface area contributed by atoms with E-state index in [2.05, 4.69) is 15.3 Å². The number of H-pyrrole nitrogens is 1. The van der Waals surface area contributed by atoms with Crippen LogP contribution in [0.15, 0.2) is 15.7 Å². The molecule has 0 aromatic carbocycles. The number of pyridine rings is 1. The first-order chi connectivity index (χ1) is 12.6. The van der Waals surface area contributed by atoms with Crippen LogP contribution in [0.25, 0.3) is 11.0 Å². The van der Waals surface area contributed by atoms with Crippen LogP contribution < -0.4 is 22.3 Å². The number of alkyl halides is 2. The summed E-state index contributed by atoms with van der Waals surface area (Å²) in [4.78, 5) is 43.6. The van der Waals surface area contributed by atoms with Gasteiger partial charge in [0.25, 0.3) is 17.4 Å². The van der Waals surface area contributed by atoms with E-state index in [0.29, 0.717) is 12.1 Å². The number of carbonyl (C=O) groups excluding carboxylic acids is 1. The summed E-state index contributed by atoms with van der Waals surface area (Å²) in [6.45, 7) is 3.90. The van der Waals surface area contributed by atoms with E-state index >= 15 is 0 Å². The minimum atomic E-state index is -3.27. The maximum atomic E-state index is 13.4. The van der Waals surface area contributed by atoms with Crippen LogP contribution in [0, 0.1) is 0 Å². The number of aromatic amines is 1. The van der Waals surface area contributed by atoms with E-state index in [4.69, 9.17) is 5.73 Å². The number of halogens is 2. The van der Waals surface area contributed by atoms with Crippen molar-refractivity contribution in [2.45, 2.75) is 45.6 Å². The van der Waals surface area contributed by atoms with Crippen molar-refractivity contribution >= 4 is 16.9 Å². The molecule has 0 saturated carbocycles. The first-order valence-electron chi connectivity index (χ1n) is 8.65. The van der Waals surface area contributed by atoms with Crippen molar-refractivity contribution < 1.29 is 13.6 Å². The third-order valence-corrected chi connectivity index (χ3v) is 4.06. The van der Waals surface area contributed by atoms with Crippen LogP contribution in [0.1, 0.15) is 49.2 Å². The quantitative estimate of drug-likeness (QED) is 0.657. The van der Waals surface area contributed by atoms with Crippen LogP contribution in [0.5, 0.6) is 0 Å². The summed E-state index contributed by atoms with van der Waals surface area (Å²) in [6, 6.07) is 1.39. The average molecular weight is 383 g/mol. The second-order valence-corrected chi connectivity index (χ2v) is 6.60. The average Bonchev–Trinajstić information content (AvgIpc) is 2.62. The normalized spacial score (nSPS) is 12.0. The highest BCUT2D eigenvalue weighted by Gasteiger charge is 2.28. The monoisotopic (exact) mass is 383 g/mol. The van der Waals surface area contributed by atoms with Gasteiger partial charge < -0.3 is 11.1 Å². The van der Waals surface area contributed by atoms with Crippen LogP contribution >= 0.6 is 0 Å². The summed E-state index contributed by atoms with van der Waals surface area (Å²) in [6.07, 6.45) is 0.596. The van der Waals surface area contributed by atoms with Crippen molar-refractivity contribution in [3.05, 3.63) is 38.2 Å². The van der Waals surface area contributed by atoms with Gasteiger partial charge in [0.2, 0.25) is 0 Å². The fourth-order valence-corrected chi connectivity index (χ4v) is 2.58. The lowest BCUT2D eigenvalue weighted by atomic mass is 10.0. The SMILES string of the molecule is CCCn1c(=O)[nH]c(=O)c2c(C(=O)NCC(F)(F)CN)cc(C(C)C)nc21. The molecule has 0 aliphatic rings. The molecule has 10 heteroatoms. The third-order valence-electron chi connectivity index (χ3n) is 4.06. The van der Waals surface area contributed by atoms with Gasteiger partial charge in [-0.1, -0.05) is 20.8 Å². The molecule has 27 heavy (non-hydrogen) atoms. The second kappa shape index (κ2) is 7.95. The molecular weight excluding hydrogens is 360 g/mol. The van der Waals surface area contributed by atoms with Crippen LogP contribution in [0.2, 0.25) is 0 Å². The van der Waals surface area contributed by atoms with E-state index in [1.165, 1.54) is 10.6 Å². The Kier molecular flexibility index (Phi) is 6.09. The Balaban J connectivity index is 2.70. The molecule has 2 aromatic heterocycles. The molecule has 8 nitrogen and oxygen atoms in total. The Morgan fingerprint density at radius 2 is 2.07 bits per heavy atom. The molecule has 2 rings (SSSR count). The number of amides is 1. The number of aryl methyl sites for hydroxylation is 1. The number of hydrogen-bond donors (Lipinski definition) is 3. The van der Waals surface area contributed by atoms with Gasteiger partial charge in [-0.25, -0.2) is 18.6 Å². The molecular formula is C17H23F2N5O3. The number of nitrogens with two attached hydrogens (primary N) is 1. The number of rotatable bonds is 7. The number of hydrogen-bond acceptors (Lipinski definition) is 5. The van der Waals surface area contributed by atoms with E-state index in [-0.39, 0.29) is 29.1 Å². The van der Waals surface area contributed by atoms with Gasteiger partial charge in [0, 0.05) is 12.2 Å². The molecule has 2 heterocycles. The largest absolute Gasteiger partial charge is 0.346 e. The molecule has 0 spiro atoms. The molecule has 148 valence electrons. The van der Waals surface area contributed by atoms with E-state index in [1.54, 1.807) is 0 Å². The Labute approximate surface area is 153 Å². The van der Waals surface area contributed by atoms with Crippen molar-refractivity contribution in [2.75, 3.05) is 13.1 Å². The highest BCUT2D eigenvalue weighted by Crippen LogP contribution is 2.20. The minimum Gasteiger partial charge on any atom is -0.346 e. The lowest BCUT2D eigenvalue weighted by Gasteiger charge is -2.17. The summed E-state index contributed by atoms with van der Waals surface area (Å²) < 4.78 is 28.0. The number of fused-ring (bicyclic) bond motifs is 1. The Morgan fingerprint density at radius 3 is 2.63 bits per heavy atom. The van der Waals surface area contributed by atoms with Crippen LogP contribution in [-0.2, 0) is 6.54 Å². The molecule has 0 aliphatic carbocycles. The molecule has 0 atom stereocenters. The Bertz CT molecular complexity index is 965. The molecule has 1 amide bonds. The topological polar surface area (TPSA) is 123 Å². The highest BCUT2D eigenvalue weighted by atomic mass is 19.3. The summed E-state index contributed by atoms with van der Waals surface area (Å²) in [7, 11) is 0. The summed E-state index contributed by atoms with van der Waals surface area (Å²) in [5, 5.41) is 1.99. The molecule has 0 fully saturated rings. The molecule has 0 radical (unpaired) electrons. The van der Waals surface area contributed by atoms with Gasteiger partial charge in [0.15, 0.2) is 5.65 Å². The number of carbonyl (C=O) groups is 1. The zero-order chi connectivity index (χ0) is 20.4. The van der Waals surface area contributed by atoms with E-state index in [1.807, 2.05) is 20.8 Å². The Hall–Kier alpha value is -2.62. The number of nitrogens with zero attached hydrogens (tertiary/aromatic N) is 2. The fourth-order valence-electron chi connectivity index (χ4n) is 2.58. The lowest BCUT2D eigenvalue weighted by molar-refractivity contribution is 0.0119. The van der Waals surface area contributed by atoms with Gasteiger partial charge in [-0.05, 0) is 18.4 Å². The zero-order valence-corrected chi connectivity index (χ0v) is 15.4. The van der Waals surface area contributed by atoms with E-state index < -0.39 is 36.2 Å². The van der Waals surface area contributed by atoms with Gasteiger partial charge in [0.1, 0.15) is 0 Å². The molecule has 4 N–H and O–H groups in total. The van der Waals surface area contributed by atoms with E-state index in [0.717, 1.165) is 0 Å². The maximum absolute atomic E-state index is 13.4. The molecule has 2 aromatic rings. The smallest absolute Gasteiger partial charge is 0.329 e. The molecule has 0 aliphatic heterocycles. The van der Waals surface area contributed by atoms with Gasteiger partial charge in [-0.15, -0.1) is 0 Å². The standard InChI is InChI=1S/C17H23F2N5O3/c1-4-5-24-13-12(15(26)23-16(24)27)10(6-11(22-13)9(2)3)14(25)21-8-17(18,19)7-20/h6,9H,4-5,7-8,20H2,1-3H3,(H,21,25)(H,23,26,27). The predicted octanol–water partition coefficient (Wildman–Crippen LogP) is 0.942. The first-order valence-corrected chi connectivity index (χ1v) is 8.65. The van der Waals surface area contributed by atoms with E-state index in [9.17, 15) is 23.2 Å². The van der Waals surface area contributed by atoms with Gasteiger partial charge in [0.05, 0.1) is 24.0 Å². The van der Waals surface area contributed by atoms with Crippen molar-refractivity contribution in [2.24, 2.45) is 5.73 Å². The minimum absolute atomic E-state index is 0.0625. The third kappa shape index (κ3) is 4.38. The fraction of sp³-hybridized carbons (Fsp3) is 0.529. The predicted molar refractivity (Wildman–Crippen MR) is 97.3 cm³/mol. The molecule has 0 bridgehead atoms. The highest BCUT2D eigenvalue weighted by molar-refractivity contribution is 6.05. The van der Waals surface area contributed by atoms with Crippen molar-refractivity contribution in [1.29, 1.82) is 0 Å². The van der Waals surface area contributed by atoms with Crippen LogP contribution in [0.3, 0.4) is 0 Å². The molecule has 0 saturated heterocycles. The zero-order valence-electron chi connectivity index (χ0n) is 15.4. The summed E-state index contributed by atoms with van der Waals surface area (Å²) in [5.74, 6) is -4.24. The van der Waals surface area contributed by atoms with Crippen molar-refractivity contribution in [3.63, 3.8) is 0 Å². The van der Waals surface area contributed by atoms with Crippen molar-refractivity contribution in [3.8, 4) is 0 Å². The summed E-state index contributed by atoms with van der Waals surface area (Å²) in [5.41, 5.74) is 3.97. The van der Waals surface area contributed by atoms with Gasteiger partial charge in [-0.2, -0.15) is 0 Å². The number of nitrogens with one attached hydrogen (secondary N) is 2.